The van der Waals surface area contributed by atoms with Crippen molar-refractivity contribution in [2.45, 2.75) is 32.8 Å². The third kappa shape index (κ3) is 3.79. The van der Waals surface area contributed by atoms with Crippen LogP contribution in [0.2, 0.25) is 0 Å². The van der Waals surface area contributed by atoms with Gasteiger partial charge in [-0.15, -0.1) is 0 Å². The second-order valence-corrected chi connectivity index (χ2v) is 6.47. The van der Waals surface area contributed by atoms with Crippen LogP contribution in [0.3, 0.4) is 0 Å². The van der Waals surface area contributed by atoms with Gasteiger partial charge in [-0.3, -0.25) is 4.79 Å². The molecule has 25 heavy (non-hydrogen) atoms. The Hall–Kier alpha value is -2.47. The second-order valence-electron chi connectivity index (χ2n) is 6.47. The van der Waals surface area contributed by atoms with E-state index in [2.05, 4.69) is 15.2 Å². The predicted octanol–water partition coefficient (Wildman–Crippen LogP) is 3.05. The van der Waals surface area contributed by atoms with Gasteiger partial charge in [0.05, 0.1) is 11.8 Å². The van der Waals surface area contributed by atoms with Gasteiger partial charge in [-0.05, 0) is 62.1 Å². The molecule has 0 radical (unpaired) electrons. The first-order valence-electron chi connectivity index (χ1n) is 8.42. The van der Waals surface area contributed by atoms with Crippen LogP contribution >= 0.6 is 0 Å². The van der Waals surface area contributed by atoms with Crippen LogP contribution in [-0.2, 0) is 0 Å². The number of aliphatic hydroxyl groups excluding tert-OH is 1. The lowest BCUT2D eigenvalue weighted by Crippen LogP contribution is -2.36. The van der Waals surface area contributed by atoms with Crippen molar-refractivity contribution in [2.24, 2.45) is 0 Å². The lowest BCUT2D eigenvalue weighted by Gasteiger charge is -2.31. The van der Waals surface area contributed by atoms with Gasteiger partial charge in [0.2, 0.25) is 0 Å². The number of nitrogens with one attached hydrogen (secondary N) is 1. The lowest BCUT2D eigenvalue weighted by molar-refractivity contribution is 0.102. The highest BCUT2D eigenvalue weighted by Crippen LogP contribution is 2.26. The summed E-state index contributed by atoms with van der Waals surface area (Å²) in [6.45, 7) is 4.67. The van der Waals surface area contributed by atoms with Gasteiger partial charge in [-0.1, -0.05) is 0 Å². The normalized spacial score (nSPS) is 15.3. The number of carbonyl (C=O) groups excluding carboxylic acids is 1. The quantitative estimate of drug-likeness (QED) is 0.899. The number of anilines is 2. The number of benzene rings is 1. The molecule has 132 valence electrons. The number of pyridine rings is 1. The molecule has 0 spiro atoms. The molecule has 1 fully saturated rings. The molecule has 2 aromatic rings. The Balaban J connectivity index is 1.82. The molecule has 1 aliphatic rings. The number of amides is 1. The third-order valence-corrected chi connectivity index (χ3v) is 4.50. The Kier molecular flexibility index (Phi) is 4.99. The first kappa shape index (κ1) is 17.4. The highest BCUT2D eigenvalue weighted by atomic mass is 19.1. The molecule has 0 bridgehead atoms. The number of piperidine rings is 1. The molecule has 0 aliphatic carbocycles. The molecule has 0 unspecified atom stereocenters. The molecule has 6 heteroatoms. The number of halogens is 1. The fraction of sp³-hybridized carbons (Fsp3) is 0.368. The highest BCUT2D eigenvalue weighted by Gasteiger charge is 2.21. The smallest absolute Gasteiger partial charge is 0.255 e. The van der Waals surface area contributed by atoms with Crippen LogP contribution in [0.1, 0.15) is 34.3 Å². The fourth-order valence-electron chi connectivity index (χ4n) is 3.10. The van der Waals surface area contributed by atoms with Crippen molar-refractivity contribution in [3.63, 3.8) is 0 Å². The number of aryl methyl sites for hydroxylation is 2. The minimum absolute atomic E-state index is 0.275. The van der Waals surface area contributed by atoms with E-state index in [0.29, 0.717) is 54.1 Å². The summed E-state index contributed by atoms with van der Waals surface area (Å²) < 4.78 is 13.8. The summed E-state index contributed by atoms with van der Waals surface area (Å²) in [5, 5.41) is 12.5. The lowest BCUT2D eigenvalue weighted by atomic mass is 10.1. The molecule has 1 aliphatic heterocycles. The first-order chi connectivity index (χ1) is 12.0. The number of carbonyl (C=O) groups is 1. The zero-order chi connectivity index (χ0) is 18.0. The first-order valence-corrected chi connectivity index (χ1v) is 8.42. The SMILES string of the molecule is Cc1cc(C(=O)Nc2cccnc2N2CCC(O)CC2)cc(C)c1F. The van der Waals surface area contributed by atoms with E-state index >= 15 is 0 Å². The number of hydrogen-bond acceptors (Lipinski definition) is 4. The summed E-state index contributed by atoms with van der Waals surface area (Å²) in [7, 11) is 0. The number of nitrogens with zero attached hydrogens (tertiary/aromatic N) is 2. The van der Waals surface area contributed by atoms with Crippen LogP contribution < -0.4 is 10.2 Å². The minimum Gasteiger partial charge on any atom is -0.393 e. The van der Waals surface area contributed by atoms with Crippen molar-refractivity contribution in [1.82, 2.24) is 4.98 Å². The van der Waals surface area contributed by atoms with E-state index in [0.717, 1.165) is 0 Å². The van der Waals surface area contributed by atoms with Crippen molar-refractivity contribution < 1.29 is 14.3 Å². The van der Waals surface area contributed by atoms with Crippen LogP contribution in [0.25, 0.3) is 0 Å². The molecule has 0 atom stereocenters. The Morgan fingerprint density at radius 1 is 1.28 bits per heavy atom. The molecule has 5 nitrogen and oxygen atoms in total. The minimum atomic E-state index is -0.294. The molecule has 1 aromatic carbocycles. The predicted molar refractivity (Wildman–Crippen MR) is 95.5 cm³/mol. The molecule has 1 saturated heterocycles. The Bertz CT molecular complexity index is 763. The van der Waals surface area contributed by atoms with Crippen molar-refractivity contribution in [3.05, 3.63) is 53.0 Å². The molecule has 2 N–H and O–H groups in total. The van der Waals surface area contributed by atoms with Gasteiger partial charge in [0.25, 0.3) is 5.91 Å². The molecule has 0 saturated carbocycles. The summed E-state index contributed by atoms with van der Waals surface area (Å²) in [5.74, 6) is 0.112. The maximum atomic E-state index is 13.8. The van der Waals surface area contributed by atoms with Crippen LogP contribution in [-0.4, -0.2) is 35.2 Å². The number of rotatable bonds is 3. The molecule has 1 amide bonds. The van der Waals surface area contributed by atoms with Gasteiger partial charge in [-0.2, -0.15) is 0 Å². The van der Waals surface area contributed by atoms with E-state index in [4.69, 9.17) is 0 Å². The van der Waals surface area contributed by atoms with Crippen molar-refractivity contribution in [2.75, 3.05) is 23.3 Å². The van der Waals surface area contributed by atoms with Gasteiger partial charge >= 0.3 is 0 Å². The third-order valence-electron chi connectivity index (χ3n) is 4.50. The maximum absolute atomic E-state index is 13.8. The van der Waals surface area contributed by atoms with Crippen LogP contribution in [0, 0.1) is 19.7 Å². The van der Waals surface area contributed by atoms with E-state index in [1.807, 2.05) is 0 Å². The standard InChI is InChI=1S/C19H22FN3O2/c1-12-10-14(11-13(2)17(12)20)19(25)22-16-4-3-7-21-18(16)23-8-5-15(24)6-9-23/h3-4,7,10-11,15,24H,5-6,8-9H2,1-2H3,(H,22,25). The summed E-state index contributed by atoms with van der Waals surface area (Å²) >= 11 is 0. The van der Waals surface area contributed by atoms with E-state index in [1.54, 1.807) is 44.3 Å². The average molecular weight is 343 g/mol. The summed E-state index contributed by atoms with van der Waals surface area (Å²) in [4.78, 5) is 19.0. The zero-order valence-electron chi connectivity index (χ0n) is 14.4. The molecular weight excluding hydrogens is 321 g/mol. The largest absolute Gasteiger partial charge is 0.393 e. The Morgan fingerprint density at radius 2 is 1.92 bits per heavy atom. The van der Waals surface area contributed by atoms with Crippen molar-refractivity contribution in [3.8, 4) is 0 Å². The van der Waals surface area contributed by atoms with E-state index in [9.17, 15) is 14.3 Å². The fourth-order valence-corrected chi connectivity index (χ4v) is 3.10. The summed E-state index contributed by atoms with van der Waals surface area (Å²) in [6, 6.07) is 6.66. The summed E-state index contributed by atoms with van der Waals surface area (Å²) in [6.07, 6.45) is 2.77. The molecular formula is C19H22FN3O2. The average Bonchev–Trinajstić information content (AvgIpc) is 2.60. The van der Waals surface area contributed by atoms with Crippen LogP contribution in [0.15, 0.2) is 30.5 Å². The number of aliphatic hydroxyl groups is 1. The molecule has 2 heterocycles. The van der Waals surface area contributed by atoms with Crippen molar-refractivity contribution >= 4 is 17.4 Å². The topological polar surface area (TPSA) is 65.5 Å². The van der Waals surface area contributed by atoms with E-state index in [1.165, 1.54) is 0 Å². The number of hydrogen-bond donors (Lipinski definition) is 2. The van der Waals surface area contributed by atoms with Crippen molar-refractivity contribution in [1.29, 1.82) is 0 Å². The maximum Gasteiger partial charge on any atom is 0.255 e. The van der Waals surface area contributed by atoms with E-state index in [-0.39, 0.29) is 17.8 Å². The van der Waals surface area contributed by atoms with E-state index < -0.39 is 0 Å². The van der Waals surface area contributed by atoms with Crippen LogP contribution in [0.5, 0.6) is 0 Å². The van der Waals surface area contributed by atoms with Gasteiger partial charge in [0.15, 0.2) is 5.82 Å². The van der Waals surface area contributed by atoms with Crippen LogP contribution in [0.4, 0.5) is 15.9 Å². The second kappa shape index (κ2) is 7.19. The van der Waals surface area contributed by atoms with Gasteiger partial charge in [-0.25, -0.2) is 9.37 Å². The van der Waals surface area contributed by atoms with Gasteiger partial charge in [0, 0.05) is 24.8 Å². The van der Waals surface area contributed by atoms with Gasteiger partial charge in [0.1, 0.15) is 5.82 Å². The molecule has 3 rings (SSSR count). The Labute approximate surface area is 146 Å². The molecule has 1 aromatic heterocycles. The monoisotopic (exact) mass is 343 g/mol. The summed E-state index contributed by atoms with van der Waals surface area (Å²) in [5.41, 5.74) is 1.92. The zero-order valence-corrected chi connectivity index (χ0v) is 14.4. The number of aromatic nitrogens is 1. The van der Waals surface area contributed by atoms with Gasteiger partial charge < -0.3 is 15.3 Å². The Morgan fingerprint density at radius 3 is 2.56 bits per heavy atom. The highest BCUT2D eigenvalue weighted by molar-refractivity contribution is 6.05.